The van der Waals surface area contributed by atoms with Crippen LogP contribution in [0, 0.1) is 12.8 Å². The Morgan fingerprint density at radius 1 is 1.48 bits per heavy atom. The largest absolute Gasteiger partial charge is 0.368 e. The maximum absolute atomic E-state index is 12.5. The Kier molecular flexibility index (Phi) is 5.92. The highest BCUT2D eigenvalue weighted by Gasteiger charge is 2.65. The Bertz CT molecular complexity index is 1150. The van der Waals surface area contributed by atoms with Gasteiger partial charge in [0.15, 0.2) is 6.23 Å². The summed E-state index contributed by atoms with van der Waals surface area (Å²) in [6.07, 6.45) is 3.52. The van der Waals surface area contributed by atoms with Crippen molar-refractivity contribution >= 4 is 28.9 Å². The Labute approximate surface area is 202 Å². The zero-order valence-electron chi connectivity index (χ0n) is 19.4. The molecule has 1 unspecified atom stereocenters. The molecule has 0 radical (unpaired) electrons. The molecule has 4 heterocycles. The quantitative estimate of drug-likeness (QED) is 0.469. The molecule has 4 fully saturated rings. The number of fused-ring (bicyclic) bond motifs is 3. The van der Waals surface area contributed by atoms with Gasteiger partial charge in [-0.15, -0.1) is 0 Å². The number of aromatic nitrogens is 2. The molecule has 33 heavy (non-hydrogen) atoms. The summed E-state index contributed by atoms with van der Waals surface area (Å²) < 4.78 is 27.0. The number of hydrogen-bond donors (Lipinski definition) is 1. The lowest BCUT2D eigenvalue weighted by Gasteiger charge is -2.37. The Hall–Kier alpha value is -0.740. The van der Waals surface area contributed by atoms with E-state index in [-0.39, 0.29) is 10.9 Å². The molecule has 8 atom stereocenters. The van der Waals surface area contributed by atoms with Crippen molar-refractivity contribution in [1.29, 1.82) is 0 Å². The Morgan fingerprint density at radius 3 is 2.94 bits per heavy atom. The first-order valence-electron chi connectivity index (χ1n) is 11.4. The van der Waals surface area contributed by atoms with Crippen LogP contribution in [0.5, 0.6) is 0 Å². The van der Waals surface area contributed by atoms with Gasteiger partial charge in [0.2, 0.25) is 5.69 Å². The molecule has 1 saturated carbocycles. The number of hydrogen-bond acceptors (Lipinski definition) is 8. The summed E-state index contributed by atoms with van der Waals surface area (Å²) in [5, 5.41) is 0. The fourth-order valence-corrected chi connectivity index (χ4v) is 13.0. The number of nitrogens with zero attached hydrogens (tertiary/aromatic N) is 1. The second-order valence-corrected chi connectivity index (χ2v) is 16.5. The van der Waals surface area contributed by atoms with Gasteiger partial charge in [-0.3, -0.25) is 14.3 Å². The first-order valence-corrected chi connectivity index (χ1v) is 15.5. The number of aromatic amines is 1. The number of H-pyrrole nitrogens is 1. The van der Waals surface area contributed by atoms with Crippen molar-refractivity contribution in [3.8, 4) is 0 Å². The van der Waals surface area contributed by atoms with Crippen LogP contribution in [0.3, 0.4) is 0 Å². The predicted molar refractivity (Wildman–Crippen MR) is 131 cm³/mol. The van der Waals surface area contributed by atoms with Crippen molar-refractivity contribution in [3.63, 3.8) is 0 Å². The lowest BCUT2D eigenvalue weighted by Crippen LogP contribution is -2.41. The molecular formula is C22H31N2O6PS2. The molecule has 4 aliphatic rings. The van der Waals surface area contributed by atoms with Gasteiger partial charge in [-0.2, -0.15) is 0 Å². The standard InChI is InChI=1S/C22H31N2O6PS2/c1-6-22-11-27-16(19(28-22)24-10-13(4)18(25)23-20(24)26)17(22)30-31(32)29-15-9-14(12(2)3)7-8-21(15,5)33-31/h10,14-17,19H,2,6-9,11H2,1,3-5H3,(H,23,25,26)/t14-,15+,16-,17?,19+,21+,22-,31+/m0/s1. The van der Waals surface area contributed by atoms with Crippen LogP contribution in [0.15, 0.2) is 27.9 Å². The van der Waals surface area contributed by atoms with Crippen molar-refractivity contribution in [2.75, 3.05) is 6.61 Å². The van der Waals surface area contributed by atoms with Crippen molar-refractivity contribution in [2.45, 2.75) is 88.3 Å². The summed E-state index contributed by atoms with van der Waals surface area (Å²) in [6, 6.07) is 0. The van der Waals surface area contributed by atoms with E-state index in [0.717, 1.165) is 19.3 Å². The number of rotatable bonds is 5. The monoisotopic (exact) mass is 514 g/mol. The van der Waals surface area contributed by atoms with Crippen LogP contribution >= 0.6 is 17.1 Å². The van der Waals surface area contributed by atoms with Crippen molar-refractivity contribution in [2.24, 2.45) is 5.92 Å². The molecule has 1 aliphatic carbocycles. The SMILES string of the molecule is C=C(C)[C@H]1CC[C@@]2(C)S[P@@](=S)(OC3[C@@H]4OC[C@]3(CC)O[C@H]4n3cc(C)c(=O)[nH]c3=O)O[C@@H]2C1. The fraction of sp³-hybridized carbons (Fsp3) is 0.727. The highest BCUT2D eigenvalue weighted by atomic mass is 32.9. The molecule has 3 aliphatic heterocycles. The summed E-state index contributed by atoms with van der Waals surface area (Å²) in [4.78, 5) is 26.7. The highest BCUT2D eigenvalue weighted by Crippen LogP contribution is 2.77. The van der Waals surface area contributed by atoms with E-state index in [2.05, 4.69) is 25.4 Å². The smallest absolute Gasteiger partial charge is 0.330 e. The van der Waals surface area contributed by atoms with Crippen LogP contribution in [-0.4, -0.2) is 44.8 Å². The van der Waals surface area contributed by atoms with Gasteiger partial charge in [0.1, 0.15) is 17.8 Å². The highest BCUT2D eigenvalue weighted by molar-refractivity contribution is 8.68. The minimum atomic E-state index is -2.67. The van der Waals surface area contributed by atoms with Crippen molar-refractivity contribution in [1.82, 2.24) is 9.55 Å². The second-order valence-electron chi connectivity index (χ2n) is 9.97. The third kappa shape index (κ3) is 3.86. The zero-order valence-corrected chi connectivity index (χ0v) is 21.9. The first-order chi connectivity index (χ1) is 15.5. The molecule has 0 spiro atoms. The van der Waals surface area contributed by atoms with E-state index >= 15 is 0 Å². The third-order valence-corrected chi connectivity index (χ3v) is 13.4. The third-order valence-electron chi connectivity index (χ3n) is 7.68. The van der Waals surface area contributed by atoms with E-state index in [1.165, 1.54) is 16.3 Å². The maximum Gasteiger partial charge on any atom is 0.330 e. The van der Waals surface area contributed by atoms with Gasteiger partial charge >= 0.3 is 5.69 Å². The molecule has 0 aromatic carbocycles. The Balaban J connectivity index is 1.41. The van der Waals surface area contributed by atoms with Gasteiger partial charge in [0.05, 0.1) is 12.7 Å². The van der Waals surface area contributed by atoms with Gasteiger partial charge in [0.25, 0.3) is 5.56 Å². The number of ether oxygens (including phenoxy) is 2. The van der Waals surface area contributed by atoms with Crippen molar-refractivity contribution < 1.29 is 18.5 Å². The molecule has 1 aromatic rings. The van der Waals surface area contributed by atoms with E-state index in [1.54, 1.807) is 18.3 Å². The van der Waals surface area contributed by atoms with E-state index in [4.69, 9.17) is 30.3 Å². The van der Waals surface area contributed by atoms with Crippen LogP contribution in [0.1, 0.15) is 58.2 Å². The summed E-state index contributed by atoms with van der Waals surface area (Å²) in [5.74, 6) is 0.446. The van der Waals surface area contributed by atoms with Gasteiger partial charge < -0.3 is 18.5 Å². The molecule has 1 aromatic heterocycles. The van der Waals surface area contributed by atoms with Crippen LogP contribution in [0.25, 0.3) is 0 Å². The molecule has 2 bridgehead atoms. The molecule has 0 amide bonds. The second kappa shape index (κ2) is 8.15. The fourth-order valence-electron chi connectivity index (χ4n) is 5.45. The van der Waals surface area contributed by atoms with E-state index in [9.17, 15) is 9.59 Å². The number of nitrogens with one attached hydrogen (secondary N) is 1. The minimum absolute atomic E-state index is 0.0301. The molecule has 3 saturated heterocycles. The van der Waals surface area contributed by atoms with Gasteiger partial charge in [-0.1, -0.05) is 30.5 Å². The lowest BCUT2D eigenvalue weighted by atomic mass is 9.77. The van der Waals surface area contributed by atoms with Gasteiger partial charge in [0, 0.05) is 16.5 Å². The molecule has 1 N–H and O–H groups in total. The average molecular weight is 515 g/mol. The van der Waals surface area contributed by atoms with E-state index in [0.29, 0.717) is 24.5 Å². The topological polar surface area (TPSA) is 91.8 Å². The van der Waals surface area contributed by atoms with Crippen molar-refractivity contribution in [3.05, 3.63) is 44.8 Å². The normalized spacial score (nSPS) is 44.2. The summed E-state index contributed by atoms with van der Waals surface area (Å²) in [6.45, 7) is 12.5. The molecular weight excluding hydrogens is 483 g/mol. The molecule has 5 rings (SSSR count). The molecule has 8 nitrogen and oxygen atoms in total. The predicted octanol–water partition coefficient (Wildman–Crippen LogP) is 3.80. The molecule has 11 heteroatoms. The van der Waals surface area contributed by atoms with Gasteiger partial charge in [-0.05, 0) is 64.2 Å². The lowest BCUT2D eigenvalue weighted by molar-refractivity contribution is -0.175. The Morgan fingerprint density at radius 2 is 2.24 bits per heavy atom. The van der Waals surface area contributed by atoms with Crippen LogP contribution < -0.4 is 11.2 Å². The molecule has 182 valence electrons. The number of allylic oxidation sites excluding steroid dienone is 1. The average Bonchev–Trinajstić information content (AvgIpc) is 3.33. The number of aryl methyl sites for hydroxylation is 1. The summed E-state index contributed by atoms with van der Waals surface area (Å²) in [5.41, 5.74) is -2.71. The van der Waals surface area contributed by atoms with Crippen LogP contribution in [0.4, 0.5) is 0 Å². The first kappa shape index (κ1) is 24.0. The van der Waals surface area contributed by atoms with E-state index in [1.807, 2.05) is 6.92 Å². The maximum atomic E-state index is 12.5. The minimum Gasteiger partial charge on any atom is -0.368 e. The van der Waals surface area contributed by atoms with Crippen LogP contribution in [-0.2, 0) is 30.3 Å². The van der Waals surface area contributed by atoms with Gasteiger partial charge in [-0.25, -0.2) is 4.79 Å². The van der Waals surface area contributed by atoms with Crippen LogP contribution in [0.2, 0.25) is 0 Å². The zero-order chi connectivity index (χ0) is 23.8. The summed E-state index contributed by atoms with van der Waals surface area (Å²) in [7, 11) is 0. The van der Waals surface area contributed by atoms with E-state index < -0.39 is 41.0 Å². The summed E-state index contributed by atoms with van der Waals surface area (Å²) >= 11 is 7.69.